The summed E-state index contributed by atoms with van der Waals surface area (Å²) in [6.07, 6.45) is 0. The molecule has 0 aliphatic heterocycles. The molecule has 2 N–H and O–H groups in total. The van der Waals surface area contributed by atoms with E-state index in [-0.39, 0.29) is 23.1 Å². The zero-order valence-electron chi connectivity index (χ0n) is 11.1. The topological polar surface area (TPSA) is 49.3 Å². The van der Waals surface area contributed by atoms with Crippen molar-refractivity contribution in [3.8, 4) is 5.75 Å². The van der Waals surface area contributed by atoms with Crippen molar-refractivity contribution in [2.45, 2.75) is 12.8 Å². The van der Waals surface area contributed by atoms with E-state index in [2.05, 4.69) is 5.32 Å². The lowest BCUT2D eigenvalue weighted by atomic mass is 10.0. The second-order valence-electron chi connectivity index (χ2n) is 4.69. The van der Waals surface area contributed by atoms with Crippen molar-refractivity contribution in [1.29, 1.82) is 0 Å². The molecule has 2 rings (SSSR count). The zero-order chi connectivity index (χ0) is 14.5. The van der Waals surface area contributed by atoms with E-state index in [1.807, 2.05) is 37.3 Å². The van der Waals surface area contributed by atoms with Gasteiger partial charge in [0.15, 0.2) is 0 Å². The Morgan fingerprint density at radius 1 is 1.25 bits per heavy atom. The number of carbonyl (C=O) groups excluding carboxylic acids is 1. The van der Waals surface area contributed by atoms with Crippen LogP contribution in [0.5, 0.6) is 5.75 Å². The highest BCUT2D eigenvalue weighted by Crippen LogP contribution is 2.21. The molecule has 4 heteroatoms. The fourth-order valence-electron chi connectivity index (χ4n) is 1.93. The lowest BCUT2D eigenvalue weighted by Gasteiger charge is -2.13. The van der Waals surface area contributed by atoms with Gasteiger partial charge in [0, 0.05) is 6.54 Å². The fraction of sp³-hybridized carbons (Fsp3) is 0.188. The number of hydrogen-bond acceptors (Lipinski definition) is 2. The Bertz CT molecular complexity index is 599. The SMILES string of the molecule is CC(CNC(=O)c1cc(O)ccc1Cl)c1ccccc1. The van der Waals surface area contributed by atoms with Gasteiger partial charge in [0.1, 0.15) is 5.75 Å². The zero-order valence-corrected chi connectivity index (χ0v) is 11.9. The van der Waals surface area contributed by atoms with Crippen molar-refractivity contribution < 1.29 is 9.90 Å². The second kappa shape index (κ2) is 6.44. The monoisotopic (exact) mass is 289 g/mol. The molecule has 0 saturated heterocycles. The summed E-state index contributed by atoms with van der Waals surface area (Å²) < 4.78 is 0. The molecule has 104 valence electrons. The quantitative estimate of drug-likeness (QED) is 0.904. The van der Waals surface area contributed by atoms with E-state index in [0.29, 0.717) is 11.6 Å². The number of rotatable bonds is 4. The van der Waals surface area contributed by atoms with E-state index in [1.54, 1.807) is 0 Å². The van der Waals surface area contributed by atoms with Crippen LogP contribution in [0.3, 0.4) is 0 Å². The van der Waals surface area contributed by atoms with E-state index in [4.69, 9.17) is 11.6 Å². The molecule has 20 heavy (non-hydrogen) atoms. The smallest absolute Gasteiger partial charge is 0.252 e. The van der Waals surface area contributed by atoms with Crippen LogP contribution in [-0.2, 0) is 0 Å². The summed E-state index contributed by atoms with van der Waals surface area (Å²) >= 11 is 5.95. The van der Waals surface area contributed by atoms with Crippen LogP contribution in [0.15, 0.2) is 48.5 Å². The molecule has 1 amide bonds. The molecule has 3 nitrogen and oxygen atoms in total. The van der Waals surface area contributed by atoms with Crippen molar-refractivity contribution in [2.75, 3.05) is 6.54 Å². The molecule has 1 unspecified atom stereocenters. The van der Waals surface area contributed by atoms with Gasteiger partial charge in [-0.25, -0.2) is 0 Å². The second-order valence-corrected chi connectivity index (χ2v) is 5.09. The molecule has 0 aromatic heterocycles. The van der Waals surface area contributed by atoms with E-state index < -0.39 is 0 Å². The van der Waals surface area contributed by atoms with Gasteiger partial charge in [0.2, 0.25) is 0 Å². The average Bonchev–Trinajstić information content (AvgIpc) is 2.47. The maximum atomic E-state index is 12.0. The highest BCUT2D eigenvalue weighted by atomic mass is 35.5. The Kier molecular flexibility index (Phi) is 4.64. The number of nitrogens with one attached hydrogen (secondary N) is 1. The molecule has 0 aliphatic carbocycles. The third-order valence-electron chi connectivity index (χ3n) is 3.13. The Morgan fingerprint density at radius 2 is 1.95 bits per heavy atom. The van der Waals surface area contributed by atoms with Crippen LogP contribution in [-0.4, -0.2) is 17.6 Å². The number of carbonyl (C=O) groups is 1. The molecule has 0 fully saturated rings. The van der Waals surface area contributed by atoms with Gasteiger partial charge in [0.05, 0.1) is 10.6 Å². The van der Waals surface area contributed by atoms with Crippen LogP contribution < -0.4 is 5.32 Å². The summed E-state index contributed by atoms with van der Waals surface area (Å²) in [5.74, 6) is -0.0550. The molecule has 0 radical (unpaired) electrons. The van der Waals surface area contributed by atoms with E-state index in [9.17, 15) is 9.90 Å². The van der Waals surface area contributed by atoms with Crippen LogP contribution in [0.1, 0.15) is 28.8 Å². The largest absolute Gasteiger partial charge is 0.508 e. The summed E-state index contributed by atoms with van der Waals surface area (Å²) in [6.45, 7) is 2.55. The number of halogens is 1. The molecule has 0 aliphatic rings. The number of phenolic OH excluding ortho intramolecular Hbond substituents is 1. The van der Waals surface area contributed by atoms with Crippen LogP contribution in [0.25, 0.3) is 0 Å². The van der Waals surface area contributed by atoms with Gasteiger partial charge >= 0.3 is 0 Å². The Morgan fingerprint density at radius 3 is 2.65 bits per heavy atom. The summed E-state index contributed by atoms with van der Waals surface area (Å²) in [7, 11) is 0. The molecule has 2 aromatic carbocycles. The van der Waals surface area contributed by atoms with Gasteiger partial charge in [-0.05, 0) is 29.7 Å². The van der Waals surface area contributed by atoms with E-state index in [1.165, 1.54) is 18.2 Å². The Hall–Kier alpha value is -2.00. The third-order valence-corrected chi connectivity index (χ3v) is 3.46. The molecular weight excluding hydrogens is 274 g/mol. The van der Waals surface area contributed by atoms with Crippen molar-refractivity contribution in [3.63, 3.8) is 0 Å². The van der Waals surface area contributed by atoms with Crippen LogP contribution in [0.4, 0.5) is 0 Å². The third kappa shape index (κ3) is 3.52. The van der Waals surface area contributed by atoms with Gasteiger partial charge in [-0.1, -0.05) is 48.9 Å². The predicted molar refractivity (Wildman–Crippen MR) is 80.3 cm³/mol. The summed E-state index contributed by atoms with van der Waals surface area (Å²) in [5, 5.41) is 12.6. The van der Waals surface area contributed by atoms with Crippen LogP contribution in [0, 0.1) is 0 Å². The molecule has 0 heterocycles. The molecule has 0 spiro atoms. The number of benzene rings is 2. The van der Waals surface area contributed by atoms with Crippen molar-refractivity contribution in [2.24, 2.45) is 0 Å². The van der Waals surface area contributed by atoms with E-state index >= 15 is 0 Å². The molecule has 0 bridgehead atoms. The van der Waals surface area contributed by atoms with Gasteiger partial charge in [-0.2, -0.15) is 0 Å². The lowest BCUT2D eigenvalue weighted by molar-refractivity contribution is 0.0951. The van der Waals surface area contributed by atoms with Crippen molar-refractivity contribution >= 4 is 17.5 Å². The van der Waals surface area contributed by atoms with Gasteiger partial charge in [-0.3, -0.25) is 4.79 Å². The first-order valence-corrected chi connectivity index (χ1v) is 6.77. The number of phenols is 1. The highest BCUT2D eigenvalue weighted by molar-refractivity contribution is 6.33. The van der Waals surface area contributed by atoms with Gasteiger partial charge in [0.25, 0.3) is 5.91 Å². The predicted octanol–water partition coefficient (Wildman–Crippen LogP) is 3.58. The summed E-state index contributed by atoms with van der Waals surface area (Å²) in [5.41, 5.74) is 1.45. The maximum Gasteiger partial charge on any atom is 0.252 e. The number of hydrogen-bond donors (Lipinski definition) is 2. The Balaban J connectivity index is 2.00. The first-order chi connectivity index (χ1) is 9.58. The molecule has 1 atom stereocenters. The van der Waals surface area contributed by atoms with Crippen molar-refractivity contribution in [3.05, 3.63) is 64.7 Å². The highest BCUT2D eigenvalue weighted by Gasteiger charge is 2.13. The van der Waals surface area contributed by atoms with Crippen LogP contribution >= 0.6 is 11.6 Å². The fourth-order valence-corrected chi connectivity index (χ4v) is 2.13. The minimum atomic E-state index is -0.284. The molecule has 0 saturated carbocycles. The first kappa shape index (κ1) is 14.4. The minimum absolute atomic E-state index is 0.0238. The van der Waals surface area contributed by atoms with E-state index in [0.717, 1.165) is 5.56 Å². The normalized spacial score (nSPS) is 11.9. The van der Waals surface area contributed by atoms with Gasteiger partial charge in [-0.15, -0.1) is 0 Å². The Labute approximate surface area is 123 Å². The standard InChI is InChI=1S/C16H16ClNO2/c1-11(12-5-3-2-4-6-12)10-18-16(20)14-9-13(19)7-8-15(14)17/h2-9,11,19H,10H2,1H3,(H,18,20). The van der Waals surface area contributed by atoms with Gasteiger partial charge < -0.3 is 10.4 Å². The maximum absolute atomic E-state index is 12.0. The molecule has 2 aromatic rings. The average molecular weight is 290 g/mol. The summed E-state index contributed by atoms with van der Waals surface area (Å²) in [6, 6.07) is 14.3. The number of amides is 1. The summed E-state index contributed by atoms with van der Waals surface area (Å²) in [4.78, 5) is 12.0. The first-order valence-electron chi connectivity index (χ1n) is 6.39. The van der Waals surface area contributed by atoms with Crippen LogP contribution in [0.2, 0.25) is 5.02 Å². The molecular formula is C16H16ClNO2. The lowest BCUT2D eigenvalue weighted by Crippen LogP contribution is -2.27. The minimum Gasteiger partial charge on any atom is -0.508 e. The van der Waals surface area contributed by atoms with Crippen molar-refractivity contribution in [1.82, 2.24) is 5.32 Å². The number of aromatic hydroxyl groups is 1.